The third-order valence-corrected chi connectivity index (χ3v) is 4.70. The van der Waals surface area contributed by atoms with E-state index in [1.807, 2.05) is 11.1 Å². The van der Waals surface area contributed by atoms with Crippen LogP contribution in [0.5, 0.6) is 0 Å². The van der Waals surface area contributed by atoms with Crippen LogP contribution in [-0.2, 0) is 9.53 Å². The van der Waals surface area contributed by atoms with E-state index >= 15 is 0 Å². The molecule has 3 heterocycles. The first kappa shape index (κ1) is 17.0. The van der Waals surface area contributed by atoms with Gasteiger partial charge in [0.1, 0.15) is 0 Å². The largest absolute Gasteiger partial charge is 0.378 e. The molecule has 0 bridgehead atoms. The molecule has 24 heavy (non-hydrogen) atoms. The topological polar surface area (TPSA) is 61.8 Å². The van der Waals surface area contributed by atoms with Gasteiger partial charge in [-0.15, -0.1) is 5.10 Å². The monoisotopic (exact) mass is 333 g/mol. The van der Waals surface area contributed by atoms with E-state index in [-0.39, 0.29) is 0 Å². The molecule has 0 aliphatic carbocycles. The molecule has 1 aromatic heterocycles. The van der Waals surface area contributed by atoms with Crippen molar-refractivity contribution in [3.63, 3.8) is 0 Å². The molecule has 2 fully saturated rings. The summed E-state index contributed by atoms with van der Waals surface area (Å²) in [4.78, 5) is 18.6. The van der Waals surface area contributed by atoms with E-state index in [9.17, 15) is 4.79 Å². The summed E-state index contributed by atoms with van der Waals surface area (Å²) in [5, 5.41) is 8.44. The number of morpholine rings is 1. The van der Waals surface area contributed by atoms with Crippen molar-refractivity contribution in [2.75, 3.05) is 62.3 Å². The van der Waals surface area contributed by atoms with Crippen LogP contribution in [0, 0.1) is 0 Å². The number of unbranched alkanes of at least 4 members (excludes halogenated alkanes) is 1. The van der Waals surface area contributed by atoms with Crippen molar-refractivity contribution in [3.8, 4) is 0 Å². The zero-order valence-electron chi connectivity index (χ0n) is 14.5. The van der Waals surface area contributed by atoms with Crippen molar-refractivity contribution in [2.24, 2.45) is 0 Å². The number of carbonyl (C=O) groups is 1. The Morgan fingerprint density at radius 1 is 1.12 bits per heavy atom. The first-order chi connectivity index (χ1) is 11.8. The summed E-state index contributed by atoms with van der Waals surface area (Å²) in [5.74, 6) is 1.20. The molecule has 0 radical (unpaired) electrons. The third-order valence-electron chi connectivity index (χ3n) is 4.70. The Morgan fingerprint density at radius 3 is 2.58 bits per heavy atom. The van der Waals surface area contributed by atoms with Crippen molar-refractivity contribution in [3.05, 3.63) is 12.3 Å². The van der Waals surface area contributed by atoms with Gasteiger partial charge < -0.3 is 19.4 Å². The molecule has 0 unspecified atom stereocenters. The van der Waals surface area contributed by atoms with Gasteiger partial charge in [0.15, 0.2) is 5.82 Å². The lowest BCUT2D eigenvalue weighted by Gasteiger charge is -2.36. The van der Waals surface area contributed by atoms with E-state index in [1.54, 1.807) is 0 Å². The van der Waals surface area contributed by atoms with Gasteiger partial charge in [-0.2, -0.15) is 5.10 Å². The Labute approximate surface area is 143 Å². The maximum atomic E-state index is 12.1. The van der Waals surface area contributed by atoms with Crippen LogP contribution in [0.1, 0.15) is 26.2 Å². The molecule has 2 saturated heterocycles. The van der Waals surface area contributed by atoms with E-state index in [2.05, 4.69) is 33.0 Å². The molecule has 132 valence electrons. The molecule has 0 saturated carbocycles. The van der Waals surface area contributed by atoms with Crippen molar-refractivity contribution >= 4 is 17.4 Å². The van der Waals surface area contributed by atoms with Crippen LogP contribution >= 0.6 is 0 Å². The van der Waals surface area contributed by atoms with Crippen molar-refractivity contribution in [1.29, 1.82) is 0 Å². The number of aromatic nitrogens is 2. The normalized spacial score (nSPS) is 18.8. The molecule has 2 aliphatic rings. The van der Waals surface area contributed by atoms with E-state index < -0.39 is 0 Å². The lowest BCUT2D eigenvalue weighted by atomic mass is 10.2. The molecule has 1 aromatic rings. The third kappa shape index (κ3) is 4.14. The molecule has 0 N–H and O–H groups in total. The predicted octanol–water partition coefficient (Wildman–Crippen LogP) is 1.15. The lowest BCUT2D eigenvalue weighted by Crippen LogP contribution is -2.48. The maximum Gasteiger partial charge on any atom is 0.222 e. The maximum absolute atomic E-state index is 12.1. The van der Waals surface area contributed by atoms with Crippen molar-refractivity contribution < 1.29 is 9.53 Å². The van der Waals surface area contributed by atoms with E-state index in [4.69, 9.17) is 4.74 Å². The molecule has 0 atom stereocenters. The summed E-state index contributed by atoms with van der Waals surface area (Å²) in [6.07, 6.45) is 4.54. The molecule has 0 spiro atoms. The second kappa shape index (κ2) is 8.28. The van der Waals surface area contributed by atoms with E-state index in [0.717, 1.165) is 76.8 Å². The number of ether oxygens (including phenoxy) is 1. The fourth-order valence-corrected chi connectivity index (χ4v) is 3.17. The van der Waals surface area contributed by atoms with Crippen LogP contribution in [0.3, 0.4) is 0 Å². The Hall–Kier alpha value is -1.89. The zero-order valence-corrected chi connectivity index (χ0v) is 14.5. The minimum Gasteiger partial charge on any atom is -0.378 e. The van der Waals surface area contributed by atoms with Crippen molar-refractivity contribution in [1.82, 2.24) is 15.1 Å². The summed E-state index contributed by atoms with van der Waals surface area (Å²) in [6.45, 7) is 8.60. The number of rotatable bonds is 5. The molecule has 1 amide bonds. The average molecular weight is 333 g/mol. The number of piperazine rings is 1. The number of hydrogen-bond acceptors (Lipinski definition) is 6. The number of carbonyl (C=O) groups excluding carboxylic acids is 1. The van der Waals surface area contributed by atoms with Crippen LogP contribution in [0.2, 0.25) is 0 Å². The Kier molecular flexibility index (Phi) is 5.85. The molecule has 2 aliphatic heterocycles. The highest BCUT2D eigenvalue weighted by atomic mass is 16.5. The minimum absolute atomic E-state index is 0.290. The number of hydrogen-bond donors (Lipinski definition) is 0. The fourth-order valence-electron chi connectivity index (χ4n) is 3.17. The molecule has 7 heteroatoms. The van der Waals surface area contributed by atoms with Gasteiger partial charge >= 0.3 is 0 Å². The van der Waals surface area contributed by atoms with Gasteiger partial charge in [-0.25, -0.2) is 0 Å². The van der Waals surface area contributed by atoms with Crippen LogP contribution in [-0.4, -0.2) is 73.5 Å². The minimum atomic E-state index is 0.290. The number of nitrogens with zero attached hydrogens (tertiary/aromatic N) is 5. The van der Waals surface area contributed by atoms with Crippen LogP contribution in [0.4, 0.5) is 11.5 Å². The summed E-state index contributed by atoms with van der Waals surface area (Å²) in [7, 11) is 0. The highest BCUT2D eigenvalue weighted by Crippen LogP contribution is 2.21. The molecule has 3 rings (SSSR count). The predicted molar refractivity (Wildman–Crippen MR) is 93.4 cm³/mol. The SMILES string of the molecule is CCCCC(=O)N1CCN(c2cnnc(N3CCOCC3)c2)CC1. The van der Waals surface area contributed by atoms with Gasteiger partial charge in [-0.05, 0) is 6.42 Å². The first-order valence-corrected chi connectivity index (χ1v) is 8.96. The zero-order chi connectivity index (χ0) is 16.8. The quantitative estimate of drug-likeness (QED) is 0.806. The highest BCUT2D eigenvalue weighted by molar-refractivity contribution is 5.76. The summed E-state index contributed by atoms with van der Waals surface area (Å²) < 4.78 is 5.39. The molecular formula is C17H27N5O2. The molecule has 7 nitrogen and oxygen atoms in total. The van der Waals surface area contributed by atoms with Crippen LogP contribution in [0.15, 0.2) is 12.3 Å². The Morgan fingerprint density at radius 2 is 1.88 bits per heavy atom. The number of amides is 1. The van der Waals surface area contributed by atoms with Gasteiger partial charge in [-0.3, -0.25) is 4.79 Å². The smallest absolute Gasteiger partial charge is 0.222 e. The van der Waals surface area contributed by atoms with E-state index in [0.29, 0.717) is 12.3 Å². The van der Waals surface area contributed by atoms with E-state index in [1.165, 1.54) is 0 Å². The van der Waals surface area contributed by atoms with Gasteiger partial charge in [0, 0.05) is 51.8 Å². The standard InChI is InChI=1S/C17H27N5O2/c1-2-3-4-17(23)22-7-5-20(6-8-22)15-13-16(19-18-14-15)21-9-11-24-12-10-21/h13-14H,2-12H2,1H3. The summed E-state index contributed by atoms with van der Waals surface area (Å²) in [5.41, 5.74) is 1.09. The summed E-state index contributed by atoms with van der Waals surface area (Å²) >= 11 is 0. The van der Waals surface area contributed by atoms with Crippen LogP contribution in [0.25, 0.3) is 0 Å². The van der Waals surface area contributed by atoms with Crippen LogP contribution < -0.4 is 9.80 Å². The lowest BCUT2D eigenvalue weighted by molar-refractivity contribution is -0.131. The second-order valence-electron chi connectivity index (χ2n) is 6.34. The van der Waals surface area contributed by atoms with Gasteiger partial charge in [0.05, 0.1) is 25.1 Å². The second-order valence-corrected chi connectivity index (χ2v) is 6.34. The average Bonchev–Trinajstić information content (AvgIpc) is 2.67. The highest BCUT2D eigenvalue weighted by Gasteiger charge is 2.22. The van der Waals surface area contributed by atoms with Crippen molar-refractivity contribution in [2.45, 2.75) is 26.2 Å². The molecule has 0 aromatic carbocycles. The van der Waals surface area contributed by atoms with Gasteiger partial charge in [0.25, 0.3) is 0 Å². The Bertz CT molecular complexity index is 540. The fraction of sp³-hybridized carbons (Fsp3) is 0.706. The number of anilines is 2. The Balaban J connectivity index is 1.57. The summed E-state index contributed by atoms with van der Waals surface area (Å²) in [6, 6.07) is 2.10. The van der Waals surface area contributed by atoms with Gasteiger partial charge in [-0.1, -0.05) is 13.3 Å². The van der Waals surface area contributed by atoms with Gasteiger partial charge in [0.2, 0.25) is 5.91 Å². The molecular weight excluding hydrogens is 306 g/mol. The first-order valence-electron chi connectivity index (χ1n) is 8.96.